The molecule has 25 heavy (non-hydrogen) atoms. The summed E-state index contributed by atoms with van der Waals surface area (Å²) in [5.41, 5.74) is 6.16. The number of amides is 2. The van der Waals surface area contributed by atoms with Gasteiger partial charge in [-0.15, -0.1) is 0 Å². The third kappa shape index (κ3) is 5.79. The SMILES string of the molecule is CSCc1cccc(C(=O)NNC(=O)[C@H](C)Oc2ccc(F)cc2)c1. The summed E-state index contributed by atoms with van der Waals surface area (Å²) in [4.78, 5) is 24.1. The van der Waals surface area contributed by atoms with E-state index >= 15 is 0 Å². The van der Waals surface area contributed by atoms with E-state index in [1.165, 1.54) is 31.2 Å². The summed E-state index contributed by atoms with van der Waals surface area (Å²) in [6.07, 6.45) is 1.13. The zero-order valence-electron chi connectivity index (χ0n) is 13.9. The number of hydrogen-bond acceptors (Lipinski definition) is 4. The van der Waals surface area contributed by atoms with Crippen LogP contribution in [-0.4, -0.2) is 24.2 Å². The number of hydrogen-bond donors (Lipinski definition) is 2. The summed E-state index contributed by atoms with van der Waals surface area (Å²) in [5, 5.41) is 0. The Bertz CT molecular complexity index is 737. The first-order valence-corrected chi connectivity index (χ1v) is 8.99. The Hall–Kier alpha value is -2.54. The fourth-order valence-corrected chi connectivity index (χ4v) is 2.54. The summed E-state index contributed by atoms with van der Waals surface area (Å²) in [7, 11) is 0. The Labute approximate surface area is 149 Å². The van der Waals surface area contributed by atoms with E-state index in [1.807, 2.05) is 12.3 Å². The zero-order chi connectivity index (χ0) is 18.2. The molecule has 5 nitrogen and oxygen atoms in total. The predicted molar refractivity (Wildman–Crippen MR) is 95.8 cm³/mol. The van der Waals surface area contributed by atoms with Crippen LogP contribution in [-0.2, 0) is 10.5 Å². The molecule has 0 saturated heterocycles. The van der Waals surface area contributed by atoms with E-state index in [9.17, 15) is 14.0 Å². The molecule has 132 valence electrons. The summed E-state index contributed by atoms with van der Waals surface area (Å²) in [6, 6.07) is 12.5. The molecule has 2 amide bonds. The van der Waals surface area contributed by atoms with Crippen molar-refractivity contribution >= 4 is 23.6 Å². The summed E-state index contributed by atoms with van der Waals surface area (Å²) < 4.78 is 18.2. The third-order valence-corrected chi connectivity index (χ3v) is 3.92. The molecule has 0 radical (unpaired) electrons. The molecule has 0 unspecified atom stereocenters. The van der Waals surface area contributed by atoms with E-state index in [4.69, 9.17) is 4.74 Å². The van der Waals surface area contributed by atoms with Gasteiger partial charge in [0.1, 0.15) is 11.6 Å². The maximum Gasteiger partial charge on any atom is 0.279 e. The van der Waals surface area contributed by atoms with Crippen LogP contribution < -0.4 is 15.6 Å². The molecule has 2 N–H and O–H groups in total. The lowest BCUT2D eigenvalue weighted by atomic mass is 10.1. The maximum absolute atomic E-state index is 12.8. The number of carbonyl (C=O) groups excluding carboxylic acids is 2. The predicted octanol–water partition coefficient (Wildman–Crippen LogP) is 2.92. The van der Waals surface area contributed by atoms with E-state index in [2.05, 4.69) is 10.9 Å². The van der Waals surface area contributed by atoms with Crippen molar-refractivity contribution in [3.05, 3.63) is 65.5 Å². The Kier molecular flexibility index (Phi) is 6.82. The second kappa shape index (κ2) is 9.08. The van der Waals surface area contributed by atoms with Gasteiger partial charge in [0.05, 0.1) is 0 Å². The molecule has 2 rings (SSSR count). The van der Waals surface area contributed by atoms with Gasteiger partial charge in [0.15, 0.2) is 6.10 Å². The number of nitrogens with one attached hydrogen (secondary N) is 2. The lowest BCUT2D eigenvalue weighted by Gasteiger charge is -2.15. The minimum atomic E-state index is -0.853. The molecular formula is C18H19FN2O3S. The van der Waals surface area contributed by atoms with Crippen molar-refractivity contribution < 1.29 is 18.7 Å². The van der Waals surface area contributed by atoms with Gasteiger partial charge in [0.25, 0.3) is 11.8 Å². The fourth-order valence-electron chi connectivity index (χ4n) is 2.03. The highest BCUT2D eigenvalue weighted by Crippen LogP contribution is 2.13. The smallest absolute Gasteiger partial charge is 0.279 e. The Balaban J connectivity index is 1.86. The highest BCUT2D eigenvalue weighted by molar-refractivity contribution is 7.97. The first-order chi connectivity index (χ1) is 12.0. The highest BCUT2D eigenvalue weighted by Gasteiger charge is 2.16. The van der Waals surface area contributed by atoms with Gasteiger partial charge in [-0.05, 0) is 55.1 Å². The first-order valence-electron chi connectivity index (χ1n) is 7.60. The monoisotopic (exact) mass is 362 g/mol. The molecule has 0 fully saturated rings. The summed E-state index contributed by atoms with van der Waals surface area (Å²) in [6.45, 7) is 1.53. The average molecular weight is 362 g/mol. The van der Waals surface area contributed by atoms with Gasteiger partial charge in [0.2, 0.25) is 0 Å². The lowest BCUT2D eigenvalue weighted by molar-refractivity contribution is -0.128. The van der Waals surface area contributed by atoms with E-state index in [1.54, 1.807) is 30.0 Å². The Morgan fingerprint density at radius 2 is 1.88 bits per heavy atom. The molecule has 0 heterocycles. The number of halogens is 1. The van der Waals surface area contributed by atoms with Crippen molar-refractivity contribution in [1.82, 2.24) is 10.9 Å². The Morgan fingerprint density at radius 3 is 2.56 bits per heavy atom. The van der Waals surface area contributed by atoms with E-state index in [0.29, 0.717) is 11.3 Å². The molecule has 2 aromatic rings. The van der Waals surface area contributed by atoms with Crippen LogP contribution in [0.5, 0.6) is 5.75 Å². The van der Waals surface area contributed by atoms with Gasteiger partial charge >= 0.3 is 0 Å². The van der Waals surface area contributed by atoms with Crippen molar-refractivity contribution in [3.63, 3.8) is 0 Å². The van der Waals surface area contributed by atoms with Crippen LogP contribution in [0.2, 0.25) is 0 Å². The normalized spacial score (nSPS) is 11.5. The van der Waals surface area contributed by atoms with Crippen LogP contribution in [0.3, 0.4) is 0 Å². The molecule has 0 saturated carbocycles. The van der Waals surface area contributed by atoms with Crippen molar-refractivity contribution in [2.45, 2.75) is 18.8 Å². The largest absolute Gasteiger partial charge is 0.481 e. The van der Waals surface area contributed by atoms with E-state index in [-0.39, 0.29) is 5.82 Å². The zero-order valence-corrected chi connectivity index (χ0v) is 14.7. The molecule has 0 aromatic heterocycles. The number of hydrazine groups is 1. The van der Waals surface area contributed by atoms with Gasteiger partial charge in [-0.1, -0.05) is 12.1 Å². The second-order valence-electron chi connectivity index (χ2n) is 5.29. The number of carbonyl (C=O) groups is 2. The number of rotatable bonds is 6. The summed E-state index contributed by atoms with van der Waals surface area (Å²) in [5.74, 6) is -0.153. The minimum Gasteiger partial charge on any atom is -0.481 e. The number of benzene rings is 2. The molecule has 0 spiro atoms. The topological polar surface area (TPSA) is 67.4 Å². The van der Waals surface area contributed by atoms with E-state index in [0.717, 1.165) is 11.3 Å². The Morgan fingerprint density at radius 1 is 1.16 bits per heavy atom. The van der Waals surface area contributed by atoms with Crippen molar-refractivity contribution in [3.8, 4) is 5.75 Å². The van der Waals surface area contributed by atoms with Gasteiger partial charge in [-0.25, -0.2) is 4.39 Å². The first kappa shape index (κ1) is 18.8. The van der Waals surface area contributed by atoms with Crippen LogP contribution in [0.15, 0.2) is 48.5 Å². The average Bonchev–Trinajstić information content (AvgIpc) is 2.61. The molecule has 2 aromatic carbocycles. The maximum atomic E-state index is 12.8. The number of ether oxygens (including phenoxy) is 1. The number of thioether (sulfide) groups is 1. The van der Waals surface area contributed by atoms with Gasteiger partial charge in [-0.2, -0.15) is 11.8 Å². The molecule has 1 atom stereocenters. The van der Waals surface area contributed by atoms with E-state index < -0.39 is 17.9 Å². The van der Waals surface area contributed by atoms with Crippen LogP contribution >= 0.6 is 11.8 Å². The van der Waals surface area contributed by atoms with Crippen LogP contribution in [0.1, 0.15) is 22.8 Å². The molecule has 0 bridgehead atoms. The van der Waals surface area contributed by atoms with Gasteiger partial charge in [0, 0.05) is 11.3 Å². The van der Waals surface area contributed by atoms with Crippen molar-refractivity contribution in [2.75, 3.05) is 6.26 Å². The third-order valence-electron chi connectivity index (χ3n) is 3.30. The molecule has 7 heteroatoms. The highest BCUT2D eigenvalue weighted by atomic mass is 32.2. The fraction of sp³-hybridized carbons (Fsp3) is 0.222. The summed E-state index contributed by atoms with van der Waals surface area (Å²) >= 11 is 1.66. The molecular weight excluding hydrogens is 343 g/mol. The second-order valence-corrected chi connectivity index (χ2v) is 6.16. The van der Waals surface area contributed by atoms with Gasteiger partial charge in [-0.3, -0.25) is 20.4 Å². The van der Waals surface area contributed by atoms with Crippen LogP contribution in [0.25, 0.3) is 0 Å². The van der Waals surface area contributed by atoms with Crippen LogP contribution in [0.4, 0.5) is 4.39 Å². The van der Waals surface area contributed by atoms with Crippen molar-refractivity contribution in [2.24, 2.45) is 0 Å². The van der Waals surface area contributed by atoms with Gasteiger partial charge < -0.3 is 4.74 Å². The molecule has 0 aliphatic carbocycles. The quantitative estimate of drug-likeness (QED) is 0.776. The molecule has 0 aliphatic heterocycles. The minimum absolute atomic E-state index is 0.361. The standard InChI is InChI=1S/C18H19FN2O3S/c1-12(24-16-8-6-15(19)7-9-16)17(22)20-21-18(23)14-5-3-4-13(10-14)11-25-2/h3-10,12H,11H2,1-2H3,(H,20,22)(H,21,23)/t12-/m0/s1. The van der Waals surface area contributed by atoms with Crippen LogP contribution in [0, 0.1) is 5.82 Å². The lowest BCUT2D eigenvalue weighted by Crippen LogP contribution is -2.47. The van der Waals surface area contributed by atoms with Crippen molar-refractivity contribution in [1.29, 1.82) is 0 Å². The molecule has 0 aliphatic rings.